The maximum atomic E-state index is 11.6. The number of rotatable bonds is 8. The van der Waals surface area contributed by atoms with Crippen molar-refractivity contribution in [3.63, 3.8) is 0 Å². The lowest BCUT2D eigenvalue weighted by molar-refractivity contribution is -0.122. The van der Waals surface area contributed by atoms with Gasteiger partial charge in [-0.3, -0.25) is 9.79 Å². The maximum Gasteiger partial charge on any atom is 0.223 e. The molecule has 0 spiro atoms. The largest absolute Gasteiger partial charge is 0.357 e. The van der Waals surface area contributed by atoms with Gasteiger partial charge in [0.1, 0.15) is 0 Å². The van der Waals surface area contributed by atoms with Crippen LogP contribution in [-0.2, 0) is 14.8 Å². The van der Waals surface area contributed by atoms with Gasteiger partial charge < -0.3 is 16.0 Å². The fraction of sp³-hybridized carbons (Fsp3) is 0.875. The average Bonchev–Trinajstić information content (AvgIpc) is 3.40. The molecule has 0 aromatic heterocycles. The first-order valence-electron chi connectivity index (χ1n) is 9.15. The van der Waals surface area contributed by atoms with Gasteiger partial charge in [0.2, 0.25) is 15.9 Å². The predicted octanol–water partition coefficient (Wildman–Crippen LogP) is -0.261. The highest BCUT2D eigenvalue weighted by molar-refractivity contribution is 7.88. The summed E-state index contributed by atoms with van der Waals surface area (Å²) in [6.07, 6.45) is 4.98. The van der Waals surface area contributed by atoms with E-state index >= 15 is 0 Å². The first kappa shape index (κ1) is 20.0. The van der Waals surface area contributed by atoms with E-state index in [9.17, 15) is 13.2 Å². The molecule has 2 fully saturated rings. The summed E-state index contributed by atoms with van der Waals surface area (Å²) in [6, 6.07) is 0. The second-order valence-electron chi connectivity index (χ2n) is 6.82. The van der Waals surface area contributed by atoms with E-state index in [2.05, 4.69) is 20.9 Å². The topological polar surface area (TPSA) is 103 Å². The highest BCUT2D eigenvalue weighted by Gasteiger charge is 2.29. The van der Waals surface area contributed by atoms with Crippen molar-refractivity contribution in [1.82, 2.24) is 20.3 Å². The van der Waals surface area contributed by atoms with Crippen molar-refractivity contribution in [3.05, 3.63) is 0 Å². The molecule has 1 heterocycles. The zero-order chi connectivity index (χ0) is 18.3. The molecule has 144 valence electrons. The van der Waals surface area contributed by atoms with E-state index in [0.717, 1.165) is 38.2 Å². The van der Waals surface area contributed by atoms with Crippen molar-refractivity contribution in [2.45, 2.75) is 32.6 Å². The summed E-state index contributed by atoms with van der Waals surface area (Å²) in [5, 5.41) is 9.34. The van der Waals surface area contributed by atoms with E-state index in [1.807, 2.05) is 6.92 Å². The van der Waals surface area contributed by atoms with Crippen molar-refractivity contribution in [2.75, 3.05) is 45.5 Å². The van der Waals surface area contributed by atoms with Crippen LogP contribution in [0.25, 0.3) is 0 Å². The zero-order valence-corrected chi connectivity index (χ0v) is 16.1. The van der Waals surface area contributed by atoms with E-state index in [1.54, 1.807) is 4.31 Å². The Morgan fingerprint density at radius 2 is 1.72 bits per heavy atom. The van der Waals surface area contributed by atoms with E-state index in [-0.39, 0.29) is 11.8 Å². The Hall–Kier alpha value is -1.35. The fourth-order valence-corrected chi connectivity index (χ4v) is 3.72. The minimum atomic E-state index is -3.07. The van der Waals surface area contributed by atoms with E-state index in [1.165, 1.54) is 6.26 Å². The molecule has 2 rings (SSSR count). The molecular weight excluding hydrogens is 342 g/mol. The number of nitrogens with zero attached hydrogens (tertiary/aromatic N) is 2. The SMILES string of the molecule is CCNC(=NCC1CCN(S(C)(=O)=O)CC1)NCCNC(=O)C1CC1. The number of nitrogens with one attached hydrogen (secondary N) is 3. The summed E-state index contributed by atoms with van der Waals surface area (Å²) in [6.45, 7) is 5.85. The first-order valence-corrected chi connectivity index (χ1v) is 11.0. The van der Waals surface area contributed by atoms with Gasteiger partial charge in [-0.2, -0.15) is 0 Å². The molecule has 1 aliphatic carbocycles. The molecule has 0 atom stereocenters. The summed E-state index contributed by atoms with van der Waals surface area (Å²) >= 11 is 0. The minimum Gasteiger partial charge on any atom is -0.357 e. The van der Waals surface area contributed by atoms with Crippen molar-refractivity contribution in [1.29, 1.82) is 0 Å². The fourth-order valence-electron chi connectivity index (χ4n) is 2.84. The van der Waals surface area contributed by atoms with Crippen LogP contribution >= 0.6 is 0 Å². The van der Waals surface area contributed by atoms with Crippen LogP contribution in [0.2, 0.25) is 0 Å². The molecule has 0 aromatic rings. The highest BCUT2D eigenvalue weighted by Crippen LogP contribution is 2.28. The summed E-state index contributed by atoms with van der Waals surface area (Å²) in [7, 11) is -3.07. The molecule has 0 bridgehead atoms. The second-order valence-corrected chi connectivity index (χ2v) is 8.80. The van der Waals surface area contributed by atoms with Crippen molar-refractivity contribution in [2.24, 2.45) is 16.8 Å². The number of carbonyl (C=O) groups excluding carboxylic acids is 1. The molecule has 25 heavy (non-hydrogen) atoms. The lowest BCUT2D eigenvalue weighted by Crippen LogP contribution is -2.42. The molecule has 1 aliphatic heterocycles. The number of guanidine groups is 1. The van der Waals surface area contributed by atoms with Crippen molar-refractivity contribution >= 4 is 21.9 Å². The number of amides is 1. The average molecular weight is 374 g/mol. The summed E-state index contributed by atoms with van der Waals surface area (Å²) < 4.78 is 24.6. The molecule has 0 radical (unpaired) electrons. The third kappa shape index (κ3) is 7.19. The van der Waals surface area contributed by atoms with Gasteiger partial charge in [0.25, 0.3) is 0 Å². The van der Waals surface area contributed by atoms with Gasteiger partial charge >= 0.3 is 0 Å². The number of hydrogen-bond donors (Lipinski definition) is 3. The van der Waals surface area contributed by atoms with Gasteiger partial charge in [0.15, 0.2) is 5.96 Å². The molecule has 1 saturated carbocycles. The number of piperidine rings is 1. The van der Waals surface area contributed by atoms with Crippen molar-refractivity contribution < 1.29 is 13.2 Å². The predicted molar refractivity (Wildman–Crippen MR) is 98.9 cm³/mol. The standard InChI is InChI=1S/C16H31N5O3S/c1-3-17-16(19-9-8-18-15(22)14-4-5-14)20-12-13-6-10-21(11-7-13)25(2,23)24/h13-14H,3-12H2,1-2H3,(H,18,22)(H2,17,19,20). The zero-order valence-electron chi connectivity index (χ0n) is 15.3. The first-order chi connectivity index (χ1) is 11.9. The van der Waals surface area contributed by atoms with E-state index in [4.69, 9.17) is 0 Å². The number of carbonyl (C=O) groups is 1. The quantitative estimate of drug-likeness (QED) is 0.309. The monoisotopic (exact) mass is 373 g/mol. The number of sulfonamides is 1. The maximum absolute atomic E-state index is 11.6. The van der Waals surface area contributed by atoms with Crippen LogP contribution in [0.1, 0.15) is 32.6 Å². The Kier molecular flexibility index (Phi) is 7.49. The van der Waals surface area contributed by atoms with Crippen molar-refractivity contribution in [3.8, 4) is 0 Å². The van der Waals surface area contributed by atoms with Crippen LogP contribution in [0.3, 0.4) is 0 Å². The van der Waals surface area contributed by atoms with E-state index in [0.29, 0.717) is 38.6 Å². The van der Waals surface area contributed by atoms with Gasteiger partial charge in [-0.05, 0) is 38.5 Å². The van der Waals surface area contributed by atoms with E-state index < -0.39 is 10.0 Å². The Morgan fingerprint density at radius 3 is 2.28 bits per heavy atom. The molecule has 0 unspecified atom stereocenters. The summed E-state index contributed by atoms with van der Waals surface area (Å²) in [5.41, 5.74) is 0. The van der Waals surface area contributed by atoms with Gasteiger partial charge in [-0.1, -0.05) is 0 Å². The second kappa shape index (κ2) is 9.38. The van der Waals surface area contributed by atoms with Crippen LogP contribution in [0, 0.1) is 11.8 Å². The number of hydrogen-bond acceptors (Lipinski definition) is 4. The Morgan fingerprint density at radius 1 is 1.08 bits per heavy atom. The Balaban J connectivity index is 1.69. The molecule has 2 aliphatic rings. The van der Waals surface area contributed by atoms with Gasteiger partial charge in [0, 0.05) is 45.2 Å². The molecule has 3 N–H and O–H groups in total. The molecule has 9 heteroatoms. The van der Waals surface area contributed by atoms with Gasteiger partial charge in [0.05, 0.1) is 6.26 Å². The normalized spacial score (nSPS) is 20.3. The highest BCUT2D eigenvalue weighted by atomic mass is 32.2. The third-order valence-electron chi connectivity index (χ3n) is 4.56. The Bertz CT molecular complexity index is 566. The lowest BCUT2D eigenvalue weighted by atomic mass is 9.98. The van der Waals surface area contributed by atoms with Crippen LogP contribution in [0.15, 0.2) is 4.99 Å². The van der Waals surface area contributed by atoms with Gasteiger partial charge in [-0.25, -0.2) is 12.7 Å². The molecule has 1 saturated heterocycles. The lowest BCUT2D eigenvalue weighted by Gasteiger charge is -2.29. The molecular formula is C16H31N5O3S. The molecule has 8 nitrogen and oxygen atoms in total. The molecule has 1 amide bonds. The number of aliphatic imine (C=N–C) groups is 1. The van der Waals surface area contributed by atoms with Crippen LogP contribution < -0.4 is 16.0 Å². The molecule has 0 aromatic carbocycles. The Labute approximate surface area is 150 Å². The third-order valence-corrected chi connectivity index (χ3v) is 5.86. The summed E-state index contributed by atoms with van der Waals surface area (Å²) in [4.78, 5) is 16.2. The summed E-state index contributed by atoms with van der Waals surface area (Å²) in [5.74, 6) is 1.54. The minimum absolute atomic E-state index is 0.154. The van der Waals surface area contributed by atoms with Crippen LogP contribution in [0.5, 0.6) is 0 Å². The smallest absolute Gasteiger partial charge is 0.223 e. The van der Waals surface area contributed by atoms with Crippen LogP contribution in [-0.4, -0.2) is 70.1 Å². The van der Waals surface area contributed by atoms with Crippen LogP contribution in [0.4, 0.5) is 0 Å². The van der Waals surface area contributed by atoms with Gasteiger partial charge in [-0.15, -0.1) is 0 Å².